The van der Waals surface area contributed by atoms with E-state index in [0.717, 1.165) is 19.1 Å². The minimum Gasteiger partial charge on any atom is -0.397 e. The summed E-state index contributed by atoms with van der Waals surface area (Å²) in [7, 11) is 4.07. The second-order valence-corrected chi connectivity index (χ2v) is 12.2. The quantitative estimate of drug-likeness (QED) is 0.371. The predicted molar refractivity (Wildman–Crippen MR) is 97.7 cm³/mol. The fourth-order valence-electron chi connectivity index (χ4n) is 3.54. The zero-order valence-electron chi connectivity index (χ0n) is 15.7. The third kappa shape index (κ3) is 6.57. The second-order valence-electron chi connectivity index (χ2n) is 6.40. The first-order valence-electron chi connectivity index (χ1n) is 8.93. The standard InChI is InChI=1S/C16H36NO4Si2/c1-16(22(18-2)19-3)12-9-7-6-8-10-13-17-14-11-15-23(17,20-4)21-5/h16H,6-15H2,1-5H3. The predicted octanol–water partition coefficient (Wildman–Crippen LogP) is 3.44. The molecule has 0 aromatic carbocycles. The Morgan fingerprint density at radius 3 is 2.17 bits per heavy atom. The van der Waals surface area contributed by atoms with Gasteiger partial charge >= 0.3 is 18.0 Å². The Bertz CT molecular complexity index is 302. The third-order valence-corrected chi connectivity index (χ3v) is 10.5. The zero-order valence-corrected chi connectivity index (χ0v) is 17.7. The Labute approximate surface area is 145 Å². The van der Waals surface area contributed by atoms with Gasteiger partial charge < -0.3 is 17.7 Å². The zero-order chi connectivity index (χ0) is 17.1. The summed E-state index contributed by atoms with van der Waals surface area (Å²) in [5.41, 5.74) is 0.564. The molecule has 0 aliphatic carbocycles. The smallest absolute Gasteiger partial charge is 0.397 e. The van der Waals surface area contributed by atoms with Gasteiger partial charge in [0.25, 0.3) is 0 Å². The lowest BCUT2D eigenvalue weighted by atomic mass is 10.1. The molecular formula is C16H36NO4Si2. The average molecular weight is 363 g/mol. The van der Waals surface area contributed by atoms with Crippen LogP contribution in [0.1, 0.15) is 51.9 Å². The first kappa shape index (κ1) is 21.3. The molecule has 0 saturated carbocycles. The summed E-state index contributed by atoms with van der Waals surface area (Å²) in [5.74, 6) is 0. The normalized spacial score (nSPS) is 19.6. The SMILES string of the molecule is CO[Si](OC)C(C)CCCCCCCN1CCC[Si]1(OC)OC. The van der Waals surface area contributed by atoms with Gasteiger partial charge in [-0.2, -0.15) is 0 Å². The minimum atomic E-state index is -2.01. The van der Waals surface area contributed by atoms with Crippen LogP contribution in [-0.2, 0) is 17.7 Å². The van der Waals surface area contributed by atoms with Crippen molar-refractivity contribution in [2.24, 2.45) is 0 Å². The lowest BCUT2D eigenvalue weighted by Gasteiger charge is -2.31. The largest absolute Gasteiger partial charge is 0.427 e. The molecule has 0 bridgehead atoms. The van der Waals surface area contributed by atoms with Crippen molar-refractivity contribution < 1.29 is 17.7 Å². The van der Waals surface area contributed by atoms with E-state index in [2.05, 4.69) is 11.5 Å². The summed E-state index contributed by atoms with van der Waals surface area (Å²) >= 11 is 0. The van der Waals surface area contributed by atoms with Gasteiger partial charge in [0, 0.05) is 40.0 Å². The van der Waals surface area contributed by atoms with Crippen molar-refractivity contribution in [3.8, 4) is 0 Å². The van der Waals surface area contributed by atoms with E-state index in [1.165, 1.54) is 44.9 Å². The maximum atomic E-state index is 5.75. The number of hydrogen-bond donors (Lipinski definition) is 0. The van der Waals surface area contributed by atoms with Crippen molar-refractivity contribution in [1.82, 2.24) is 4.57 Å². The highest BCUT2D eigenvalue weighted by Gasteiger charge is 2.46. The van der Waals surface area contributed by atoms with Gasteiger partial charge in [-0.25, -0.2) is 0 Å². The van der Waals surface area contributed by atoms with Gasteiger partial charge in [-0.15, -0.1) is 0 Å². The number of nitrogens with zero attached hydrogens (tertiary/aromatic N) is 1. The van der Waals surface area contributed by atoms with Gasteiger partial charge in [-0.05, 0) is 32.4 Å². The molecule has 1 saturated heterocycles. The van der Waals surface area contributed by atoms with E-state index in [9.17, 15) is 0 Å². The molecule has 1 atom stereocenters. The van der Waals surface area contributed by atoms with E-state index in [0.29, 0.717) is 5.54 Å². The van der Waals surface area contributed by atoms with Crippen molar-refractivity contribution in [3.63, 3.8) is 0 Å². The first-order chi connectivity index (χ1) is 11.1. The Kier molecular flexibility index (Phi) is 10.9. The molecule has 0 aromatic rings. The van der Waals surface area contributed by atoms with Gasteiger partial charge in [0.15, 0.2) is 0 Å². The molecular weight excluding hydrogens is 326 g/mol. The molecule has 0 N–H and O–H groups in total. The molecule has 137 valence electrons. The molecule has 0 aromatic heterocycles. The fourth-order valence-corrected chi connectivity index (χ4v) is 7.96. The lowest BCUT2D eigenvalue weighted by Crippen LogP contribution is -2.53. The fraction of sp³-hybridized carbons (Fsp3) is 1.00. The number of unbranched alkanes of at least 4 members (excludes halogenated alkanes) is 4. The molecule has 1 aliphatic heterocycles. The Morgan fingerprint density at radius 1 is 0.957 bits per heavy atom. The van der Waals surface area contributed by atoms with Crippen LogP contribution in [-0.4, -0.2) is 64.1 Å². The van der Waals surface area contributed by atoms with Crippen LogP contribution in [0.2, 0.25) is 11.6 Å². The van der Waals surface area contributed by atoms with Gasteiger partial charge in [0.1, 0.15) is 0 Å². The van der Waals surface area contributed by atoms with Crippen molar-refractivity contribution in [3.05, 3.63) is 0 Å². The number of rotatable bonds is 13. The van der Waals surface area contributed by atoms with E-state index in [1.807, 2.05) is 14.2 Å². The highest BCUT2D eigenvalue weighted by Crippen LogP contribution is 2.27. The molecule has 1 aliphatic rings. The van der Waals surface area contributed by atoms with Gasteiger partial charge in [-0.1, -0.05) is 32.6 Å². The van der Waals surface area contributed by atoms with Crippen molar-refractivity contribution >= 4 is 18.0 Å². The van der Waals surface area contributed by atoms with Crippen LogP contribution in [0, 0.1) is 0 Å². The summed E-state index contributed by atoms with van der Waals surface area (Å²) < 4.78 is 24.8. The third-order valence-electron chi connectivity index (χ3n) is 4.91. The molecule has 1 rings (SSSR count). The summed E-state index contributed by atoms with van der Waals surface area (Å²) in [5, 5.41) is 0. The van der Waals surface area contributed by atoms with Gasteiger partial charge in [0.2, 0.25) is 0 Å². The molecule has 1 radical (unpaired) electrons. The van der Waals surface area contributed by atoms with Crippen LogP contribution in [0.15, 0.2) is 0 Å². The molecule has 7 heteroatoms. The van der Waals surface area contributed by atoms with Gasteiger partial charge in [-0.3, -0.25) is 4.57 Å². The van der Waals surface area contributed by atoms with Crippen LogP contribution in [0.3, 0.4) is 0 Å². The second kappa shape index (κ2) is 11.7. The maximum Gasteiger partial charge on any atom is 0.427 e. The van der Waals surface area contributed by atoms with E-state index in [4.69, 9.17) is 17.7 Å². The molecule has 1 fully saturated rings. The molecule has 5 nitrogen and oxygen atoms in total. The summed E-state index contributed by atoms with van der Waals surface area (Å²) in [4.78, 5) is 0. The summed E-state index contributed by atoms with van der Waals surface area (Å²) in [6, 6.07) is 1.11. The average Bonchev–Trinajstić information content (AvgIpc) is 2.98. The van der Waals surface area contributed by atoms with E-state index < -0.39 is 18.0 Å². The summed E-state index contributed by atoms with van der Waals surface area (Å²) in [6.07, 6.45) is 8.89. The van der Waals surface area contributed by atoms with Crippen LogP contribution in [0.25, 0.3) is 0 Å². The Morgan fingerprint density at radius 2 is 1.57 bits per heavy atom. The Balaban J connectivity index is 2.07. The topological polar surface area (TPSA) is 40.2 Å². The van der Waals surface area contributed by atoms with Crippen LogP contribution in [0.5, 0.6) is 0 Å². The van der Waals surface area contributed by atoms with Gasteiger partial charge in [0.05, 0.1) is 0 Å². The highest BCUT2D eigenvalue weighted by atomic mass is 28.4. The van der Waals surface area contributed by atoms with Crippen molar-refractivity contribution in [2.75, 3.05) is 41.5 Å². The maximum absolute atomic E-state index is 5.75. The molecule has 1 heterocycles. The highest BCUT2D eigenvalue weighted by molar-refractivity contribution is 6.65. The minimum absolute atomic E-state index is 0.564. The van der Waals surface area contributed by atoms with Crippen LogP contribution < -0.4 is 0 Å². The lowest BCUT2D eigenvalue weighted by molar-refractivity contribution is 0.181. The molecule has 0 spiro atoms. The van der Waals surface area contributed by atoms with Crippen LogP contribution in [0.4, 0.5) is 0 Å². The summed E-state index contributed by atoms with van der Waals surface area (Å²) in [6.45, 7) is 4.52. The van der Waals surface area contributed by atoms with Crippen molar-refractivity contribution in [1.29, 1.82) is 0 Å². The monoisotopic (exact) mass is 362 g/mol. The van der Waals surface area contributed by atoms with Crippen molar-refractivity contribution in [2.45, 2.75) is 63.5 Å². The van der Waals surface area contributed by atoms with E-state index in [-0.39, 0.29) is 0 Å². The van der Waals surface area contributed by atoms with E-state index >= 15 is 0 Å². The first-order valence-corrected chi connectivity index (χ1v) is 12.3. The van der Waals surface area contributed by atoms with Crippen LogP contribution >= 0.6 is 0 Å². The Hall–Kier alpha value is 0.234. The number of hydrogen-bond acceptors (Lipinski definition) is 5. The van der Waals surface area contributed by atoms with E-state index in [1.54, 1.807) is 14.2 Å². The molecule has 1 unspecified atom stereocenters. The molecule has 0 amide bonds. The molecule has 23 heavy (non-hydrogen) atoms.